The molecule has 0 bridgehead atoms. The molecular weight excluding hydrogens is 454 g/mol. The number of rotatable bonds is 4. The molecule has 0 saturated carbocycles. The first-order valence-corrected chi connectivity index (χ1v) is 9.99. The Morgan fingerprint density at radius 3 is 2.03 bits per heavy atom. The number of aromatic nitrogens is 5. The van der Waals surface area contributed by atoms with Crippen LogP contribution in [0.15, 0.2) is 79.4 Å². The maximum atomic E-state index is 4.66. The highest BCUT2D eigenvalue weighted by molar-refractivity contribution is 8.93. The van der Waals surface area contributed by atoms with Gasteiger partial charge in [-0.25, -0.2) is 9.97 Å². The molecule has 0 amide bonds. The molecular formula is C23H22BrN7. The number of hydrogen-bond acceptors (Lipinski definition) is 7. The van der Waals surface area contributed by atoms with E-state index >= 15 is 0 Å². The smallest absolute Gasteiger partial charge is 0.225 e. The first-order chi connectivity index (χ1) is 14.9. The summed E-state index contributed by atoms with van der Waals surface area (Å²) in [4.78, 5) is 17.4. The summed E-state index contributed by atoms with van der Waals surface area (Å²) in [5.41, 5.74) is 4.07. The number of halogens is 1. The van der Waals surface area contributed by atoms with Gasteiger partial charge in [0.15, 0.2) is 5.82 Å². The zero-order chi connectivity index (χ0) is 20.2. The molecule has 1 aliphatic heterocycles. The highest BCUT2D eigenvalue weighted by Gasteiger charge is 2.23. The zero-order valence-corrected chi connectivity index (χ0v) is 18.6. The average Bonchev–Trinajstić information content (AvgIpc) is 2.85. The number of benzene rings is 1. The second kappa shape index (κ2) is 9.61. The first-order valence-electron chi connectivity index (χ1n) is 9.99. The van der Waals surface area contributed by atoms with Crippen LogP contribution in [-0.2, 0) is 0 Å². The third-order valence-electron chi connectivity index (χ3n) is 5.25. The molecule has 0 unspecified atom stereocenters. The summed E-state index contributed by atoms with van der Waals surface area (Å²) in [6, 6.07) is 18.1. The SMILES string of the molecule is Br.c1ccc(-c2cc(-c3ccncc3)c(N3CCN(c4ncccn4)CC3)nn2)cc1. The van der Waals surface area contributed by atoms with Crippen molar-refractivity contribution in [3.63, 3.8) is 0 Å². The van der Waals surface area contributed by atoms with Gasteiger partial charge in [-0.2, -0.15) is 0 Å². The van der Waals surface area contributed by atoms with Crippen molar-refractivity contribution in [2.75, 3.05) is 36.0 Å². The molecule has 3 aromatic heterocycles. The van der Waals surface area contributed by atoms with E-state index in [1.165, 1.54) is 0 Å². The van der Waals surface area contributed by atoms with Crippen LogP contribution in [0.5, 0.6) is 0 Å². The van der Waals surface area contributed by atoms with Crippen LogP contribution in [0.1, 0.15) is 0 Å². The molecule has 1 fully saturated rings. The fourth-order valence-corrected chi connectivity index (χ4v) is 3.69. The Morgan fingerprint density at radius 2 is 1.32 bits per heavy atom. The molecule has 1 saturated heterocycles. The lowest BCUT2D eigenvalue weighted by Gasteiger charge is -2.36. The Balaban J connectivity index is 0.00000231. The van der Waals surface area contributed by atoms with Gasteiger partial charge in [0.2, 0.25) is 5.95 Å². The van der Waals surface area contributed by atoms with E-state index in [1.807, 2.05) is 48.8 Å². The molecule has 4 heterocycles. The van der Waals surface area contributed by atoms with Gasteiger partial charge in [-0.05, 0) is 29.8 Å². The predicted octanol–water partition coefficient (Wildman–Crippen LogP) is 3.90. The van der Waals surface area contributed by atoms with Gasteiger partial charge in [0.1, 0.15) is 0 Å². The van der Waals surface area contributed by atoms with Crippen LogP contribution < -0.4 is 9.80 Å². The summed E-state index contributed by atoms with van der Waals surface area (Å²) in [5.74, 6) is 1.67. The van der Waals surface area contributed by atoms with Gasteiger partial charge in [0.25, 0.3) is 0 Å². The lowest BCUT2D eigenvalue weighted by molar-refractivity contribution is 0.632. The van der Waals surface area contributed by atoms with E-state index in [4.69, 9.17) is 0 Å². The third-order valence-corrected chi connectivity index (χ3v) is 5.25. The maximum Gasteiger partial charge on any atom is 0.225 e. The molecule has 7 nitrogen and oxygen atoms in total. The highest BCUT2D eigenvalue weighted by Crippen LogP contribution is 2.32. The van der Waals surface area contributed by atoms with E-state index in [0.717, 1.165) is 60.3 Å². The van der Waals surface area contributed by atoms with Gasteiger partial charge in [-0.3, -0.25) is 4.98 Å². The normalized spacial score (nSPS) is 13.5. The van der Waals surface area contributed by atoms with Crippen molar-refractivity contribution in [2.24, 2.45) is 0 Å². The fraction of sp³-hybridized carbons (Fsp3) is 0.174. The van der Waals surface area contributed by atoms with Gasteiger partial charge in [-0.1, -0.05) is 30.3 Å². The molecule has 31 heavy (non-hydrogen) atoms. The summed E-state index contributed by atoms with van der Waals surface area (Å²) in [6.45, 7) is 3.33. The van der Waals surface area contributed by atoms with Gasteiger partial charge < -0.3 is 9.80 Å². The minimum absolute atomic E-state index is 0. The Kier molecular flexibility index (Phi) is 6.47. The molecule has 0 aliphatic carbocycles. The van der Waals surface area contributed by atoms with Crippen molar-refractivity contribution in [3.05, 3.63) is 79.4 Å². The Labute approximate surface area is 191 Å². The molecule has 0 radical (unpaired) electrons. The quantitative estimate of drug-likeness (QED) is 0.443. The minimum Gasteiger partial charge on any atom is -0.351 e. The summed E-state index contributed by atoms with van der Waals surface area (Å²) in [7, 11) is 0. The summed E-state index contributed by atoms with van der Waals surface area (Å²) >= 11 is 0. The maximum absolute atomic E-state index is 4.66. The van der Waals surface area contributed by atoms with Gasteiger partial charge in [0, 0.05) is 62.1 Å². The lowest BCUT2D eigenvalue weighted by Crippen LogP contribution is -2.47. The molecule has 5 rings (SSSR count). The molecule has 0 N–H and O–H groups in total. The number of pyridine rings is 1. The van der Waals surface area contributed by atoms with Crippen LogP contribution in [-0.4, -0.2) is 51.3 Å². The molecule has 0 atom stereocenters. The molecule has 156 valence electrons. The molecule has 4 aromatic rings. The van der Waals surface area contributed by atoms with Crippen molar-refractivity contribution in [3.8, 4) is 22.4 Å². The van der Waals surface area contributed by atoms with Crippen LogP contribution >= 0.6 is 17.0 Å². The summed E-state index contributed by atoms with van der Waals surface area (Å²) < 4.78 is 0. The Morgan fingerprint density at radius 1 is 0.645 bits per heavy atom. The third kappa shape index (κ3) is 4.54. The van der Waals surface area contributed by atoms with Crippen LogP contribution in [0, 0.1) is 0 Å². The predicted molar refractivity (Wildman–Crippen MR) is 127 cm³/mol. The minimum atomic E-state index is 0. The van der Waals surface area contributed by atoms with E-state index in [9.17, 15) is 0 Å². The lowest BCUT2D eigenvalue weighted by atomic mass is 10.0. The standard InChI is InChI=1S/C23H21N7.BrH/c1-2-5-19(6-3-1)21-17-20(18-7-11-24-12-8-18)22(28-27-21)29-13-15-30(16-14-29)23-25-9-4-10-26-23;/h1-12,17H,13-16H2;1H. The topological polar surface area (TPSA) is 70.9 Å². The van der Waals surface area contributed by atoms with E-state index < -0.39 is 0 Å². The fourth-order valence-electron chi connectivity index (χ4n) is 3.69. The van der Waals surface area contributed by atoms with E-state index in [1.54, 1.807) is 12.4 Å². The van der Waals surface area contributed by atoms with Crippen molar-refractivity contribution < 1.29 is 0 Å². The molecule has 8 heteroatoms. The summed E-state index contributed by atoms with van der Waals surface area (Å²) in [5, 5.41) is 9.20. The van der Waals surface area contributed by atoms with E-state index in [-0.39, 0.29) is 17.0 Å². The number of piperazine rings is 1. The number of nitrogens with zero attached hydrogens (tertiary/aromatic N) is 7. The van der Waals surface area contributed by atoms with Crippen LogP contribution in [0.4, 0.5) is 11.8 Å². The van der Waals surface area contributed by atoms with Crippen molar-refractivity contribution >= 4 is 28.7 Å². The van der Waals surface area contributed by atoms with Crippen LogP contribution in [0.2, 0.25) is 0 Å². The summed E-state index contributed by atoms with van der Waals surface area (Å²) in [6.07, 6.45) is 7.19. The van der Waals surface area contributed by atoms with E-state index in [0.29, 0.717) is 0 Å². The van der Waals surface area contributed by atoms with E-state index in [2.05, 4.69) is 53.1 Å². The monoisotopic (exact) mass is 475 g/mol. The second-order valence-electron chi connectivity index (χ2n) is 7.09. The van der Waals surface area contributed by atoms with Gasteiger partial charge >= 0.3 is 0 Å². The molecule has 0 spiro atoms. The number of hydrogen-bond donors (Lipinski definition) is 0. The Bertz CT molecular complexity index is 1100. The first kappa shape index (κ1) is 20.9. The largest absolute Gasteiger partial charge is 0.351 e. The average molecular weight is 476 g/mol. The highest BCUT2D eigenvalue weighted by atomic mass is 79.9. The van der Waals surface area contributed by atoms with Crippen LogP contribution in [0.25, 0.3) is 22.4 Å². The van der Waals surface area contributed by atoms with Crippen molar-refractivity contribution in [1.29, 1.82) is 0 Å². The van der Waals surface area contributed by atoms with Crippen molar-refractivity contribution in [2.45, 2.75) is 0 Å². The van der Waals surface area contributed by atoms with Gasteiger partial charge in [-0.15, -0.1) is 27.2 Å². The Hall–Kier alpha value is -3.39. The zero-order valence-electron chi connectivity index (χ0n) is 16.9. The van der Waals surface area contributed by atoms with Gasteiger partial charge in [0.05, 0.1) is 5.69 Å². The second-order valence-corrected chi connectivity index (χ2v) is 7.09. The molecule has 1 aromatic carbocycles. The van der Waals surface area contributed by atoms with Crippen molar-refractivity contribution in [1.82, 2.24) is 25.1 Å². The van der Waals surface area contributed by atoms with Crippen LogP contribution in [0.3, 0.4) is 0 Å². The number of anilines is 2. The molecule has 1 aliphatic rings.